The lowest BCUT2D eigenvalue weighted by Gasteiger charge is -2.28. The van der Waals surface area contributed by atoms with Crippen molar-refractivity contribution in [1.82, 2.24) is 4.90 Å². The number of hydrogen-bond acceptors (Lipinski definition) is 3. The van der Waals surface area contributed by atoms with E-state index in [4.69, 9.17) is 11.0 Å². The van der Waals surface area contributed by atoms with E-state index in [0.29, 0.717) is 25.4 Å². The van der Waals surface area contributed by atoms with Crippen LogP contribution in [0.5, 0.6) is 0 Å². The smallest absolute Gasteiger partial charge is 0.239 e. The molecule has 0 radical (unpaired) electrons. The average Bonchev–Trinajstić information content (AvgIpc) is 2.31. The van der Waals surface area contributed by atoms with E-state index in [0.717, 1.165) is 6.42 Å². The second-order valence-electron chi connectivity index (χ2n) is 5.00. The molecule has 0 aromatic carbocycles. The SMILES string of the molecule is CCC(C)[C@H](N)C(=O)N(CCC#N)CC(C)C. The van der Waals surface area contributed by atoms with Crippen LogP contribution in [0.4, 0.5) is 0 Å². The first-order valence-electron chi connectivity index (χ1n) is 6.35. The molecular weight excluding hydrogens is 214 g/mol. The normalized spacial score (nSPS) is 14.2. The van der Waals surface area contributed by atoms with Crippen LogP contribution in [-0.4, -0.2) is 29.9 Å². The van der Waals surface area contributed by atoms with Crippen LogP contribution in [0.1, 0.15) is 40.5 Å². The number of nitriles is 1. The number of hydrogen-bond donors (Lipinski definition) is 1. The minimum absolute atomic E-state index is 0.0247. The second kappa shape index (κ2) is 8.08. The van der Waals surface area contributed by atoms with Gasteiger partial charge in [-0.1, -0.05) is 34.1 Å². The summed E-state index contributed by atoms with van der Waals surface area (Å²) in [6.07, 6.45) is 1.26. The van der Waals surface area contributed by atoms with Gasteiger partial charge in [-0.25, -0.2) is 0 Å². The van der Waals surface area contributed by atoms with E-state index < -0.39 is 6.04 Å². The largest absolute Gasteiger partial charge is 0.340 e. The summed E-state index contributed by atoms with van der Waals surface area (Å²) in [6.45, 7) is 9.28. The lowest BCUT2D eigenvalue weighted by molar-refractivity contribution is -0.134. The first kappa shape index (κ1) is 15.9. The second-order valence-corrected chi connectivity index (χ2v) is 5.00. The van der Waals surface area contributed by atoms with Gasteiger partial charge in [0.05, 0.1) is 18.5 Å². The first-order chi connectivity index (χ1) is 7.93. The fourth-order valence-electron chi connectivity index (χ4n) is 1.63. The van der Waals surface area contributed by atoms with Crippen molar-refractivity contribution in [3.05, 3.63) is 0 Å². The lowest BCUT2D eigenvalue weighted by Crippen LogP contribution is -2.48. The number of nitrogens with zero attached hydrogens (tertiary/aromatic N) is 2. The minimum Gasteiger partial charge on any atom is -0.340 e. The van der Waals surface area contributed by atoms with Gasteiger partial charge in [0.25, 0.3) is 0 Å². The Bertz CT molecular complexity index is 270. The summed E-state index contributed by atoms with van der Waals surface area (Å²) in [6, 6.07) is 1.63. The van der Waals surface area contributed by atoms with Gasteiger partial charge in [0.1, 0.15) is 0 Å². The van der Waals surface area contributed by atoms with Crippen molar-refractivity contribution in [2.24, 2.45) is 17.6 Å². The Morgan fingerprint density at radius 1 is 1.41 bits per heavy atom. The highest BCUT2D eigenvalue weighted by molar-refractivity contribution is 5.82. The standard InChI is InChI=1S/C13H25N3O/c1-5-11(4)12(15)13(17)16(8-6-7-14)9-10(2)3/h10-12H,5-6,8-9,15H2,1-4H3/t11?,12-/m0/s1. The van der Waals surface area contributed by atoms with Crippen LogP contribution in [0.15, 0.2) is 0 Å². The van der Waals surface area contributed by atoms with Crippen molar-refractivity contribution in [3.63, 3.8) is 0 Å². The topological polar surface area (TPSA) is 70.1 Å². The van der Waals surface area contributed by atoms with Gasteiger partial charge >= 0.3 is 0 Å². The van der Waals surface area contributed by atoms with Gasteiger partial charge < -0.3 is 10.6 Å². The van der Waals surface area contributed by atoms with Crippen molar-refractivity contribution >= 4 is 5.91 Å². The molecule has 0 aromatic rings. The summed E-state index contributed by atoms with van der Waals surface area (Å²) in [5, 5.41) is 8.61. The monoisotopic (exact) mass is 239 g/mol. The molecule has 17 heavy (non-hydrogen) atoms. The van der Waals surface area contributed by atoms with Crippen LogP contribution in [0.2, 0.25) is 0 Å². The molecule has 1 amide bonds. The van der Waals surface area contributed by atoms with E-state index in [1.165, 1.54) is 0 Å². The number of nitrogens with two attached hydrogens (primary N) is 1. The highest BCUT2D eigenvalue weighted by Gasteiger charge is 2.25. The molecule has 0 rings (SSSR count). The highest BCUT2D eigenvalue weighted by Crippen LogP contribution is 2.10. The Morgan fingerprint density at radius 3 is 2.41 bits per heavy atom. The van der Waals surface area contributed by atoms with Gasteiger partial charge in [-0.05, 0) is 11.8 Å². The third kappa shape index (κ3) is 5.69. The molecule has 0 aliphatic carbocycles. The van der Waals surface area contributed by atoms with E-state index in [1.54, 1.807) is 4.90 Å². The molecule has 0 aliphatic heterocycles. The third-order valence-electron chi connectivity index (χ3n) is 2.93. The van der Waals surface area contributed by atoms with Crippen molar-refractivity contribution in [2.45, 2.75) is 46.6 Å². The Morgan fingerprint density at radius 2 is 2.00 bits per heavy atom. The van der Waals surface area contributed by atoms with E-state index in [2.05, 4.69) is 19.9 Å². The predicted octanol–water partition coefficient (Wildman–Crippen LogP) is 1.76. The van der Waals surface area contributed by atoms with Gasteiger partial charge in [-0.3, -0.25) is 4.79 Å². The maximum absolute atomic E-state index is 12.2. The maximum atomic E-state index is 12.2. The zero-order valence-electron chi connectivity index (χ0n) is 11.4. The molecule has 98 valence electrons. The minimum atomic E-state index is -0.447. The quantitative estimate of drug-likeness (QED) is 0.736. The molecule has 0 spiro atoms. The maximum Gasteiger partial charge on any atom is 0.239 e. The molecule has 0 saturated heterocycles. The van der Waals surface area contributed by atoms with E-state index in [1.807, 2.05) is 13.8 Å². The molecule has 2 atom stereocenters. The summed E-state index contributed by atoms with van der Waals surface area (Å²) in [7, 11) is 0. The zero-order chi connectivity index (χ0) is 13.4. The molecule has 4 heteroatoms. The van der Waals surface area contributed by atoms with Gasteiger partial charge in [-0.2, -0.15) is 5.26 Å². The van der Waals surface area contributed by atoms with E-state index in [-0.39, 0.29) is 11.8 Å². The third-order valence-corrected chi connectivity index (χ3v) is 2.93. The number of rotatable bonds is 7. The fraction of sp³-hybridized carbons (Fsp3) is 0.846. The zero-order valence-corrected chi connectivity index (χ0v) is 11.4. The van der Waals surface area contributed by atoms with Crippen molar-refractivity contribution in [2.75, 3.05) is 13.1 Å². The van der Waals surface area contributed by atoms with E-state index in [9.17, 15) is 4.79 Å². The number of carbonyl (C=O) groups excluding carboxylic acids is 1. The predicted molar refractivity (Wildman–Crippen MR) is 69.1 cm³/mol. The van der Waals surface area contributed by atoms with Crippen LogP contribution < -0.4 is 5.73 Å². The summed E-state index contributed by atoms with van der Waals surface area (Å²) >= 11 is 0. The molecule has 4 nitrogen and oxygen atoms in total. The molecule has 0 fully saturated rings. The van der Waals surface area contributed by atoms with Crippen LogP contribution in [0.25, 0.3) is 0 Å². The van der Waals surface area contributed by atoms with Crippen molar-refractivity contribution in [1.29, 1.82) is 5.26 Å². The summed E-state index contributed by atoms with van der Waals surface area (Å²) in [5.41, 5.74) is 5.95. The van der Waals surface area contributed by atoms with E-state index >= 15 is 0 Å². The Kier molecular flexibility index (Phi) is 7.56. The van der Waals surface area contributed by atoms with Gasteiger partial charge in [0.2, 0.25) is 5.91 Å². The summed E-state index contributed by atoms with van der Waals surface area (Å²) < 4.78 is 0. The number of carbonyl (C=O) groups is 1. The molecule has 0 heterocycles. The summed E-state index contributed by atoms with van der Waals surface area (Å²) in [4.78, 5) is 13.9. The molecule has 0 aromatic heterocycles. The Hall–Kier alpha value is -1.08. The van der Waals surface area contributed by atoms with Gasteiger partial charge in [0.15, 0.2) is 0 Å². The summed E-state index contributed by atoms with van der Waals surface area (Å²) in [5.74, 6) is 0.546. The molecular formula is C13H25N3O. The lowest BCUT2D eigenvalue weighted by atomic mass is 9.98. The average molecular weight is 239 g/mol. The van der Waals surface area contributed by atoms with Crippen molar-refractivity contribution in [3.8, 4) is 6.07 Å². The first-order valence-corrected chi connectivity index (χ1v) is 6.35. The van der Waals surface area contributed by atoms with Crippen LogP contribution >= 0.6 is 0 Å². The molecule has 0 bridgehead atoms. The molecule has 1 unspecified atom stereocenters. The Balaban J connectivity index is 4.56. The van der Waals surface area contributed by atoms with Crippen LogP contribution in [0.3, 0.4) is 0 Å². The van der Waals surface area contributed by atoms with Crippen molar-refractivity contribution < 1.29 is 4.79 Å². The van der Waals surface area contributed by atoms with Gasteiger partial charge in [0, 0.05) is 13.1 Å². The fourth-order valence-corrected chi connectivity index (χ4v) is 1.63. The number of amides is 1. The molecule has 0 aliphatic rings. The Labute approximate surface area is 105 Å². The van der Waals surface area contributed by atoms with Gasteiger partial charge in [-0.15, -0.1) is 0 Å². The molecule has 2 N–H and O–H groups in total. The van der Waals surface area contributed by atoms with Crippen LogP contribution in [0, 0.1) is 23.2 Å². The highest BCUT2D eigenvalue weighted by atomic mass is 16.2. The molecule has 0 saturated carbocycles. The van der Waals surface area contributed by atoms with Crippen LogP contribution in [-0.2, 0) is 4.79 Å².